The lowest BCUT2D eigenvalue weighted by molar-refractivity contribution is 0.102. The zero-order valence-corrected chi connectivity index (χ0v) is 12.1. The zero-order valence-electron chi connectivity index (χ0n) is 12.1. The molecule has 0 fully saturated rings. The molecule has 4 nitrogen and oxygen atoms in total. The van der Waals surface area contributed by atoms with Crippen LogP contribution in [-0.4, -0.2) is 17.4 Å². The summed E-state index contributed by atoms with van der Waals surface area (Å²) in [5.41, 5.74) is 4.24. The van der Waals surface area contributed by atoms with Crippen LogP contribution in [-0.2, 0) is 12.8 Å². The highest BCUT2D eigenvalue weighted by molar-refractivity contribution is 6.04. The topological polar surface area (TPSA) is 54.0 Å². The summed E-state index contributed by atoms with van der Waals surface area (Å²) >= 11 is 0. The maximum atomic E-state index is 12.3. The van der Waals surface area contributed by atoms with Crippen molar-refractivity contribution >= 4 is 17.4 Å². The fraction of sp³-hybridized carbons (Fsp3) is 0.294. The largest absolute Gasteiger partial charge is 0.370 e. The van der Waals surface area contributed by atoms with Gasteiger partial charge < -0.3 is 10.6 Å². The number of pyridine rings is 1. The highest BCUT2D eigenvalue weighted by Crippen LogP contribution is 2.25. The predicted molar refractivity (Wildman–Crippen MR) is 84.8 cm³/mol. The van der Waals surface area contributed by atoms with Gasteiger partial charge in [0.1, 0.15) is 5.82 Å². The second-order valence-electron chi connectivity index (χ2n) is 5.25. The molecule has 3 rings (SSSR count). The molecule has 2 N–H and O–H groups in total. The molecule has 0 atom stereocenters. The van der Waals surface area contributed by atoms with E-state index in [0.29, 0.717) is 5.56 Å². The van der Waals surface area contributed by atoms with Crippen molar-refractivity contribution in [2.45, 2.75) is 26.2 Å². The van der Waals surface area contributed by atoms with Gasteiger partial charge in [-0.05, 0) is 61.6 Å². The number of nitrogens with zero attached hydrogens (tertiary/aromatic N) is 1. The first-order chi connectivity index (χ1) is 10.3. The predicted octanol–water partition coefficient (Wildman–Crippen LogP) is 3.25. The summed E-state index contributed by atoms with van der Waals surface area (Å²) in [6.07, 6.45) is 5.12. The van der Waals surface area contributed by atoms with Crippen molar-refractivity contribution in [2.24, 2.45) is 0 Å². The number of fused-ring (bicyclic) bond motifs is 1. The van der Waals surface area contributed by atoms with Crippen LogP contribution in [0.25, 0.3) is 0 Å². The molecule has 1 amide bonds. The third-order valence-electron chi connectivity index (χ3n) is 3.74. The molecular formula is C17H19N3O. The second-order valence-corrected chi connectivity index (χ2v) is 5.25. The van der Waals surface area contributed by atoms with Crippen molar-refractivity contribution < 1.29 is 4.79 Å². The van der Waals surface area contributed by atoms with Crippen molar-refractivity contribution in [3.8, 4) is 0 Å². The van der Waals surface area contributed by atoms with Gasteiger partial charge in [-0.15, -0.1) is 0 Å². The summed E-state index contributed by atoms with van der Waals surface area (Å²) in [6, 6.07) is 9.69. The van der Waals surface area contributed by atoms with Crippen LogP contribution in [0.1, 0.15) is 34.8 Å². The lowest BCUT2D eigenvalue weighted by Crippen LogP contribution is -2.13. The van der Waals surface area contributed by atoms with Gasteiger partial charge in [-0.1, -0.05) is 6.07 Å². The van der Waals surface area contributed by atoms with Crippen molar-refractivity contribution in [1.82, 2.24) is 4.98 Å². The molecule has 2 aromatic rings. The third kappa shape index (κ3) is 3.05. The second kappa shape index (κ2) is 5.95. The standard InChI is InChI=1S/C17H19N3O/c1-2-18-16-11-14(8-9-19-16)17(21)20-15-7-6-12-4-3-5-13(12)10-15/h6-11H,2-5H2,1H3,(H,18,19)(H,20,21). The first kappa shape index (κ1) is 13.6. The van der Waals surface area contributed by atoms with E-state index in [1.807, 2.05) is 13.0 Å². The van der Waals surface area contributed by atoms with E-state index in [4.69, 9.17) is 0 Å². The fourth-order valence-electron chi connectivity index (χ4n) is 2.70. The number of hydrogen-bond donors (Lipinski definition) is 2. The third-order valence-corrected chi connectivity index (χ3v) is 3.74. The van der Waals surface area contributed by atoms with Gasteiger partial charge in [-0.3, -0.25) is 4.79 Å². The van der Waals surface area contributed by atoms with Gasteiger partial charge in [-0.2, -0.15) is 0 Å². The van der Waals surface area contributed by atoms with Crippen LogP contribution < -0.4 is 10.6 Å². The van der Waals surface area contributed by atoms with Crippen LogP contribution in [0.3, 0.4) is 0 Å². The van der Waals surface area contributed by atoms with Crippen LogP contribution in [0.2, 0.25) is 0 Å². The number of amides is 1. The first-order valence-corrected chi connectivity index (χ1v) is 7.39. The van der Waals surface area contributed by atoms with Crippen LogP contribution in [0.4, 0.5) is 11.5 Å². The molecule has 4 heteroatoms. The molecule has 108 valence electrons. The van der Waals surface area contributed by atoms with Crippen molar-refractivity contribution in [1.29, 1.82) is 0 Å². The Bertz CT molecular complexity index is 667. The number of aromatic nitrogens is 1. The summed E-state index contributed by atoms with van der Waals surface area (Å²) in [4.78, 5) is 16.5. The SMILES string of the molecule is CCNc1cc(C(=O)Nc2ccc3c(c2)CCC3)ccn1. The van der Waals surface area contributed by atoms with Crippen LogP contribution >= 0.6 is 0 Å². The Hall–Kier alpha value is -2.36. The van der Waals surface area contributed by atoms with Crippen molar-refractivity contribution in [3.63, 3.8) is 0 Å². The van der Waals surface area contributed by atoms with Gasteiger partial charge in [0.25, 0.3) is 5.91 Å². The molecule has 0 bridgehead atoms. The van der Waals surface area contributed by atoms with Crippen molar-refractivity contribution in [2.75, 3.05) is 17.2 Å². The maximum absolute atomic E-state index is 12.3. The van der Waals surface area contributed by atoms with Gasteiger partial charge >= 0.3 is 0 Å². The zero-order chi connectivity index (χ0) is 14.7. The number of rotatable bonds is 4. The number of nitrogens with one attached hydrogen (secondary N) is 2. The summed E-state index contributed by atoms with van der Waals surface area (Å²) in [7, 11) is 0. The Morgan fingerprint density at radius 1 is 1.19 bits per heavy atom. The molecule has 0 unspecified atom stereocenters. The monoisotopic (exact) mass is 281 g/mol. The molecule has 0 saturated heterocycles. The Labute approximate surface area is 124 Å². The first-order valence-electron chi connectivity index (χ1n) is 7.39. The van der Waals surface area contributed by atoms with Gasteiger partial charge in [0, 0.05) is 24.0 Å². The molecule has 1 aliphatic carbocycles. The van der Waals surface area contributed by atoms with E-state index >= 15 is 0 Å². The highest BCUT2D eigenvalue weighted by atomic mass is 16.1. The maximum Gasteiger partial charge on any atom is 0.255 e. The summed E-state index contributed by atoms with van der Waals surface area (Å²) in [5, 5.41) is 6.07. The molecular weight excluding hydrogens is 262 g/mol. The lowest BCUT2D eigenvalue weighted by Gasteiger charge is -2.08. The van der Waals surface area contributed by atoms with Crippen LogP contribution in [0, 0.1) is 0 Å². The number of benzene rings is 1. The van der Waals surface area contributed by atoms with E-state index in [0.717, 1.165) is 30.9 Å². The summed E-state index contributed by atoms with van der Waals surface area (Å²) < 4.78 is 0. The Kier molecular flexibility index (Phi) is 3.86. The normalized spacial score (nSPS) is 12.8. The molecule has 0 saturated carbocycles. The van der Waals surface area contributed by atoms with Crippen molar-refractivity contribution in [3.05, 3.63) is 53.2 Å². The van der Waals surface area contributed by atoms with Gasteiger partial charge in [0.2, 0.25) is 0 Å². The summed E-state index contributed by atoms with van der Waals surface area (Å²) in [5.74, 6) is 0.619. The van der Waals surface area contributed by atoms with Crippen LogP contribution in [0.15, 0.2) is 36.5 Å². The van der Waals surface area contributed by atoms with E-state index in [-0.39, 0.29) is 5.91 Å². The summed E-state index contributed by atoms with van der Waals surface area (Å²) in [6.45, 7) is 2.78. The molecule has 1 aliphatic rings. The fourth-order valence-corrected chi connectivity index (χ4v) is 2.70. The minimum Gasteiger partial charge on any atom is -0.370 e. The molecule has 1 aromatic carbocycles. The van der Waals surface area contributed by atoms with Gasteiger partial charge in [0.05, 0.1) is 0 Å². The van der Waals surface area contributed by atoms with Gasteiger partial charge in [-0.25, -0.2) is 4.98 Å². The molecule has 0 spiro atoms. The average molecular weight is 281 g/mol. The molecule has 21 heavy (non-hydrogen) atoms. The molecule has 1 aromatic heterocycles. The van der Waals surface area contributed by atoms with E-state index in [1.165, 1.54) is 17.5 Å². The highest BCUT2D eigenvalue weighted by Gasteiger charge is 2.12. The number of hydrogen-bond acceptors (Lipinski definition) is 3. The number of aryl methyl sites for hydroxylation is 2. The quantitative estimate of drug-likeness (QED) is 0.904. The minimum atomic E-state index is -0.102. The number of anilines is 2. The average Bonchev–Trinajstić information content (AvgIpc) is 2.95. The Morgan fingerprint density at radius 2 is 2.05 bits per heavy atom. The molecule has 0 radical (unpaired) electrons. The van der Waals surface area contributed by atoms with E-state index in [1.54, 1.807) is 18.3 Å². The molecule has 0 aliphatic heterocycles. The Balaban J connectivity index is 1.75. The number of carbonyl (C=O) groups excluding carboxylic acids is 1. The molecule has 1 heterocycles. The van der Waals surface area contributed by atoms with Gasteiger partial charge in [0.15, 0.2) is 0 Å². The van der Waals surface area contributed by atoms with E-state index < -0.39 is 0 Å². The van der Waals surface area contributed by atoms with E-state index in [2.05, 4.69) is 27.8 Å². The minimum absolute atomic E-state index is 0.102. The van der Waals surface area contributed by atoms with Crippen LogP contribution in [0.5, 0.6) is 0 Å². The van der Waals surface area contributed by atoms with E-state index in [9.17, 15) is 4.79 Å². The lowest BCUT2D eigenvalue weighted by atomic mass is 10.1. The Morgan fingerprint density at radius 3 is 2.90 bits per heavy atom. The number of carbonyl (C=O) groups is 1. The smallest absolute Gasteiger partial charge is 0.255 e.